The van der Waals surface area contributed by atoms with Crippen molar-refractivity contribution in [2.75, 3.05) is 25.5 Å². The van der Waals surface area contributed by atoms with Gasteiger partial charge in [-0.05, 0) is 44.2 Å². The molecule has 0 aliphatic rings. The van der Waals surface area contributed by atoms with Crippen LogP contribution in [0.15, 0.2) is 29.2 Å². The van der Waals surface area contributed by atoms with E-state index in [2.05, 4.69) is 24.4 Å². The first-order chi connectivity index (χ1) is 8.76. The van der Waals surface area contributed by atoms with Crippen LogP contribution in [0.3, 0.4) is 0 Å². The molecule has 0 fully saturated rings. The van der Waals surface area contributed by atoms with Crippen molar-refractivity contribution in [3.63, 3.8) is 0 Å². The lowest BCUT2D eigenvalue weighted by molar-refractivity contribution is 0.128. The fourth-order valence-corrected chi connectivity index (χ4v) is 2.56. The zero-order chi connectivity index (χ0) is 13.2. The second-order valence-electron chi connectivity index (χ2n) is 4.08. The molecule has 0 heterocycles. The highest BCUT2D eigenvalue weighted by Crippen LogP contribution is 2.21. The molecule has 0 bridgehead atoms. The molecule has 0 aliphatic carbocycles. The summed E-state index contributed by atoms with van der Waals surface area (Å²) in [5.41, 5.74) is 0. The van der Waals surface area contributed by atoms with Gasteiger partial charge in [0.15, 0.2) is 0 Å². The number of nitrogens with one attached hydrogen (secondary N) is 1. The van der Waals surface area contributed by atoms with Crippen molar-refractivity contribution < 1.29 is 4.74 Å². The molecule has 0 saturated carbocycles. The first-order valence-corrected chi connectivity index (χ1v) is 7.82. The largest absolute Gasteiger partial charge is 0.380 e. The van der Waals surface area contributed by atoms with Gasteiger partial charge in [-0.1, -0.05) is 18.5 Å². The average Bonchev–Trinajstić information content (AvgIpc) is 2.40. The van der Waals surface area contributed by atoms with Gasteiger partial charge in [0.05, 0.1) is 6.61 Å². The summed E-state index contributed by atoms with van der Waals surface area (Å²) in [6.45, 7) is 6.80. The SMILES string of the molecule is CCCNC(COCC)CSc1ccc(Cl)cc1. The molecule has 1 atom stereocenters. The molecular weight excluding hydrogens is 266 g/mol. The van der Waals surface area contributed by atoms with E-state index >= 15 is 0 Å². The van der Waals surface area contributed by atoms with E-state index in [4.69, 9.17) is 16.3 Å². The number of benzene rings is 1. The van der Waals surface area contributed by atoms with Crippen molar-refractivity contribution in [3.05, 3.63) is 29.3 Å². The molecule has 1 aromatic rings. The van der Waals surface area contributed by atoms with Gasteiger partial charge >= 0.3 is 0 Å². The lowest BCUT2D eigenvalue weighted by Crippen LogP contribution is -2.36. The van der Waals surface area contributed by atoms with Gasteiger partial charge in [-0.15, -0.1) is 11.8 Å². The van der Waals surface area contributed by atoms with Gasteiger partial charge in [0.1, 0.15) is 0 Å². The maximum atomic E-state index is 5.87. The summed E-state index contributed by atoms with van der Waals surface area (Å²) in [5.74, 6) is 1.02. The molecule has 102 valence electrons. The molecule has 1 rings (SSSR count). The van der Waals surface area contributed by atoms with Crippen LogP contribution in [0.25, 0.3) is 0 Å². The second kappa shape index (κ2) is 9.68. The lowest BCUT2D eigenvalue weighted by Gasteiger charge is -2.17. The fourth-order valence-electron chi connectivity index (χ4n) is 1.50. The molecule has 0 radical (unpaired) electrons. The van der Waals surface area contributed by atoms with E-state index in [-0.39, 0.29) is 0 Å². The fraction of sp³-hybridized carbons (Fsp3) is 0.571. The molecule has 1 aromatic carbocycles. The number of hydrogen-bond donors (Lipinski definition) is 1. The summed E-state index contributed by atoms with van der Waals surface area (Å²) < 4.78 is 5.50. The van der Waals surface area contributed by atoms with Crippen LogP contribution < -0.4 is 5.32 Å². The third-order valence-corrected chi connectivity index (χ3v) is 3.90. The molecule has 0 spiro atoms. The number of rotatable bonds is 9. The monoisotopic (exact) mass is 287 g/mol. The van der Waals surface area contributed by atoms with E-state index in [0.29, 0.717) is 6.04 Å². The molecule has 18 heavy (non-hydrogen) atoms. The Bertz CT molecular complexity index is 310. The average molecular weight is 288 g/mol. The van der Waals surface area contributed by atoms with Crippen LogP contribution in [0.1, 0.15) is 20.3 Å². The molecule has 1 unspecified atom stereocenters. The molecular formula is C14H22ClNOS. The van der Waals surface area contributed by atoms with Crippen LogP contribution in [0.4, 0.5) is 0 Å². The number of thioether (sulfide) groups is 1. The Balaban J connectivity index is 2.37. The van der Waals surface area contributed by atoms with Gasteiger partial charge in [-0.2, -0.15) is 0 Å². The Morgan fingerprint density at radius 2 is 2.00 bits per heavy atom. The first-order valence-electron chi connectivity index (χ1n) is 6.45. The Hall–Kier alpha value is -0.220. The highest BCUT2D eigenvalue weighted by Gasteiger charge is 2.08. The van der Waals surface area contributed by atoms with Crippen LogP contribution in [0.5, 0.6) is 0 Å². The Kier molecular flexibility index (Phi) is 8.51. The molecule has 0 amide bonds. The third-order valence-electron chi connectivity index (χ3n) is 2.47. The highest BCUT2D eigenvalue weighted by molar-refractivity contribution is 7.99. The van der Waals surface area contributed by atoms with Gasteiger partial charge in [0.2, 0.25) is 0 Å². The van der Waals surface area contributed by atoms with Gasteiger partial charge in [-0.3, -0.25) is 0 Å². The topological polar surface area (TPSA) is 21.3 Å². The standard InChI is InChI=1S/C14H22ClNOS/c1-3-9-16-13(10-17-4-2)11-18-14-7-5-12(15)6-8-14/h5-8,13,16H,3-4,9-11H2,1-2H3. The van der Waals surface area contributed by atoms with Crippen molar-refractivity contribution in [1.29, 1.82) is 0 Å². The summed E-state index contributed by atoms with van der Waals surface area (Å²) in [4.78, 5) is 1.25. The van der Waals surface area contributed by atoms with Crippen molar-refractivity contribution in [2.45, 2.75) is 31.2 Å². The van der Waals surface area contributed by atoms with Crippen LogP contribution in [0.2, 0.25) is 5.02 Å². The van der Waals surface area contributed by atoms with E-state index in [0.717, 1.165) is 37.0 Å². The van der Waals surface area contributed by atoms with Crippen molar-refractivity contribution in [1.82, 2.24) is 5.32 Å². The normalized spacial score (nSPS) is 12.6. The van der Waals surface area contributed by atoms with E-state index in [9.17, 15) is 0 Å². The molecule has 0 aliphatic heterocycles. The predicted octanol–water partition coefficient (Wildman–Crippen LogP) is 3.84. The number of ether oxygens (including phenoxy) is 1. The second-order valence-corrected chi connectivity index (χ2v) is 5.61. The summed E-state index contributed by atoms with van der Waals surface area (Å²) in [7, 11) is 0. The van der Waals surface area contributed by atoms with Crippen LogP contribution in [-0.2, 0) is 4.74 Å². The summed E-state index contributed by atoms with van der Waals surface area (Å²) in [6.07, 6.45) is 1.15. The molecule has 4 heteroatoms. The Morgan fingerprint density at radius 1 is 1.28 bits per heavy atom. The van der Waals surface area contributed by atoms with Crippen molar-refractivity contribution in [3.8, 4) is 0 Å². The maximum absolute atomic E-state index is 5.87. The van der Waals surface area contributed by atoms with E-state index < -0.39 is 0 Å². The number of halogens is 1. The quantitative estimate of drug-likeness (QED) is 0.697. The Labute approximate surface area is 119 Å². The molecule has 2 nitrogen and oxygen atoms in total. The zero-order valence-corrected chi connectivity index (χ0v) is 12.7. The van der Waals surface area contributed by atoms with Gasteiger partial charge < -0.3 is 10.1 Å². The predicted molar refractivity (Wildman–Crippen MR) is 80.8 cm³/mol. The minimum Gasteiger partial charge on any atom is -0.380 e. The minimum atomic E-state index is 0.408. The zero-order valence-electron chi connectivity index (χ0n) is 11.1. The summed E-state index contributed by atoms with van der Waals surface area (Å²) in [5, 5.41) is 4.30. The van der Waals surface area contributed by atoms with Crippen molar-refractivity contribution in [2.24, 2.45) is 0 Å². The molecule has 0 aromatic heterocycles. The first kappa shape index (κ1) is 15.8. The molecule has 1 N–H and O–H groups in total. The van der Waals surface area contributed by atoms with Crippen LogP contribution >= 0.6 is 23.4 Å². The summed E-state index contributed by atoms with van der Waals surface area (Å²) in [6, 6.07) is 8.39. The smallest absolute Gasteiger partial charge is 0.0627 e. The highest BCUT2D eigenvalue weighted by atomic mass is 35.5. The van der Waals surface area contributed by atoms with E-state index in [1.807, 2.05) is 30.8 Å². The van der Waals surface area contributed by atoms with E-state index in [1.165, 1.54) is 4.90 Å². The van der Waals surface area contributed by atoms with Crippen LogP contribution in [0, 0.1) is 0 Å². The van der Waals surface area contributed by atoms with E-state index in [1.54, 1.807) is 0 Å². The lowest BCUT2D eigenvalue weighted by atomic mass is 10.3. The van der Waals surface area contributed by atoms with Crippen LogP contribution in [-0.4, -0.2) is 31.6 Å². The summed E-state index contributed by atoms with van der Waals surface area (Å²) >= 11 is 7.71. The molecule has 0 saturated heterocycles. The Morgan fingerprint density at radius 3 is 2.61 bits per heavy atom. The van der Waals surface area contributed by atoms with Gasteiger partial charge in [0.25, 0.3) is 0 Å². The third kappa shape index (κ3) is 6.64. The minimum absolute atomic E-state index is 0.408. The van der Waals surface area contributed by atoms with Gasteiger partial charge in [0, 0.05) is 28.3 Å². The van der Waals surface area contributed by atoms with Crippen molar-refractivity contribution >= 4 is 23.4 Å². The maximum Gasteiger partial charge on any atom is 0.0627 e. The van der Waals surface area contributed by atoms with Gasteiger partial charge in [-0.25, -0.2) is 0 Å². The number of hydrogen-bond acceptors (Lipinski definition) is 3.